The molecule has 2 atom stereocenters. The predicted molar refractivity (Wildman–Crippen MR) is 42.4 cm³/mol. The summed E-state index contributed by atoms with van der Waals surface area (Å²) in [6.07, 6.45) is 3.11. The molecule has 1 aliphatic rings. The molecule has 0 aromatic rings. The quantitative estimate of drug-likeness (QED) is 0.638. The van der Waals surface area contributed by atoms with Gasteiger partial charge in [-0.15, -0.1) is 0 Å². The molecule has 0 spiro atoms. The molecule has 0 unspecified atom stereocenters. The number of hydrogen-bond donors (Lipinski definition) is 2. The van der Waals surface area contributed by atoms with Crippen LogP contribution in [-0.2, 0) is 4.79 Å². The monoisotopic (exact) mass is 157 g/mol. The van der Waals surface area contributed by atoms with Crippen LogP contribution in [0.3, 0.4) is 0 Å². The molecule has 0 aromatic heterocycles. The Morgan fingerprint density at radius 3 is 2.91 bits per heavy atom. The molecule has 1 aliphatic heterocycles. The third-order valence-corrected chi connectivity index (χ3v) is 2.22. The van der Waals surface area contributed by atoms with E-state index >= 15 is 0 Å². The van der Waals surface area contributed by atoms with Gasteiger partial charge in [-0.1, -0.05) is 13.3 Å². The molecule has 1 saturated heterocycles. The highest BCUT2D eigenvalue weighted by molar-refractivity contribution is 5.73. The number of hydrogen-bond acceptors (Lipinski definition) is 2. The summed E-state index contributed by atoms with van der Waals surface area (Å²) in [7, 11) is 0. The molecule has 3 nitrogen and oxygen atoms in total. The van der Waals surface area contributed by atoms with Crippen molar-refractivity contribution < 1.29 is 9.90 Å². The van der Waals surface area contributed by atoms with Crippen LogP contribution in [0.1, 0.15) is 26.2 Å². The Morgan fingerprint density at radius 1 is 1.73 bits per heavy atom. The second-order valence-corrected chi connectivity index (χ2v) is 3.19. The molecule has 0 saturated carbocycles. The molecular weight excluding hydrogens is 142 g/mol. The van der Waals surface area contributed by atoms with Gasteiger partial charge in [0.05, 0.1) is 0 Å². The van der Waals surface area contributed by atoms with Crippen LogP contribution in [0, 0.1) is 5.92 Å². The van der Waals surface area contributed by atoms with Gasteiger partial charge in [0.2, 0.25) is 0 Å². The van der Waals surface area contributed by atoms with Crippen molar-refractivity contribution in [3.05, 3.63) is 0 Å². The first kappa shape index (κ1) is 8.53. The minimum Gasteiger partial charge on any atom is -0.480 e. The van der Waals surface area contributed by atoms with Crippen molar-refractivity contribution in [2.24, 2.45) is 5.92 Å². The largest absolute Gasteiger partial charge is 0.480 e. The first-order chi connectivity index (χ1) is 5.24. The lowest BCUT2D eigenvalue weighted by atomic mass is 10.0. The van der Waals surface area contributed by atoms with Gasteiger partial charge < -0.3 is 10.4 Å². The molecule has 64 valence electrons. The van der Waals surface area contributed by atoms with Crippen molar-refractivity contribution in [2.45, 2.75) is 32.2 Å². The lowest BCUT2D eigenvalue weighted by molar-refractivity contribution is -0.139. The van der Waals surface area contributed by atoms with Gasteiger partial charge in [-0.05, 0) is 25.3 Å². The van der Waals surface area contributed by atoms with Crippen LogP contribution in [0.4, 0.5) is 0 Å². The van der Waals surface area contributed by atoms with Crippen molar-refractivity contribution in [1.82, 2.24) is 5.32 Å². The second-order valence-electron chi connectivity index (χ2n) is 3.19. The van der Waals surface area contributed by atoms with E-state index in [2.05, 4.69) is 12.2 Å². The lowest BCUT2D eigenvalue weighted by Gasteiger charge is -2.04. The average molecular weight is 157 g/mol. The third kappa shape index (κ3) is 2.19. The first-order valence-electron chi connectivity index (χ1n) is 4.20. The molecule has 0 amide bonds. The molecule has 0 aliphatic carbocycles. The number of aliphatic carboxylic acids is 1. The normalized spacial score (nSPS) is 30.6. The molecule has 0 bridgehead atoms. The van der Waals surface area contributed by atoms with Crippen LogP contribution in [0.5, 0.6) is 0 Å². The molecule has 1 heterocycles. The van der Waals surface area contributed by atoms with Crippen molar-refractivity contribution in [3.63, 3.8) is 0 Å². The zero-order valence-electron chi connectivity index (χ0n) is 6.84. The minimum absolute atomic E-state index is 0.286. The smallest absolute Gasteiger partial charge is 0.320 e. The van der Waals surface area contributed by atoms with E-state index in [1.807, 2.05) is 0 Å². The highest BCUT2D eigenvalue weighted by Crippen LogP contribution is 2.18. The van der Waals surface area contributed by atoms with Crippen LogP contribution in [0.15, 0.2) is 0 Å². The van der Waals surface area contributed by atoms with Gasteiger partial charge >= 0.3 is 5.97 Å². The number of carbonyl (C=O) groups is 1. The number of carboxylic acid groups (broad SMARTS) is 1. The Morgan fingerprint density at radius 2 is 2.45 bits per heavy atom. The van der Waals surface area contributed by atoms with Gasteiger partial charge in [0.25, 0.3) is 0 Å². The number of carboxylic acids is 1. The molecule has 11 heavy (non-hydrogen) atoms. The Kier molecular flexibility index (Phi) is 2.88. The summed E-state index contributed by atoms with van der Waals surface area (Å²) < 4.78 is 0. The fourth-order valence-electron chi connectivity index (χ4n) is 1.63. The Balaban J connectivity index is 2.29. The summed E-state index contributed by atoms with van der Waals surface area (Å²) in [5.74, 6) is -0.121. The van der Waals surface area contributed by atoms with Gasteiger partial charge in [0.15, 0.2) is 0 Å². The van der Waals surface area contributed by atoms with E-state index in [0.717, 1.165) is 25.8 Å². The van der Waals surface area contributed by atoms with E-state index in [0.29, 0.717) is 5.92 Å². The van der Waals surface area contributed by atoms with Gasteiger partial charge in [-0.2, -0.15) is 0 Å². The Bertz CT molecular complexity index is 147. The number of rotatable bonds is 3. The highest BCUT2D eigenvalue weighted by Gasteiger charge is 2.27. The van der Waals surface area contributed by atoms with Gasteiger partial charge in [0, 0.05) is 0 Å². The topological polar surface area (TPSA) is 49.3 Å². The zero-order chi connectivity index (χ0) is 8.27. The zero-order valence-corrected chi connectivity index (χ0v) is 6.84. The SMILES string of the molecule is CCC[C@H]1CN[C@@H](C(=O)O)C1. The summed E-state index contributed by atoms with van der Waals surface area (Å²) in [5, 5.41) is 11.6. The van der Waals surface area contributed by atoms with Crippen LogP contribution in [0.2, 0.25) is 0 Å². The average Bonchev–Trinajstić information content (AvgIpc) is 2.37. The maximum absolute atomic E-state index is 10.5. The summed E-state index contributed by atoms with van der Waals surface area (Å²) in [6, 6.07) is -0.286. The maximum atomic E-state index is 10.5. The molecular formula is C8H15NO2. The van der Waals surface area contributed by atoms with Crippen molar-refractivity contribution in [3.8, 4) is 0 Å². The first-order valence-corrected chi connectivity index (χ1v) is 4.20. The van der Waals surface area contributed by atoms with E-state index in [1.54, 1.807) is 0 Å². The predicted octanol–water partition coefficient (Wildman–Crippen LogP) is 0.849. The van der Waals surface area contributed by atoms with Crippen molar-refractivity contribution in [1.29, 1.82) is 0 Å². The van der Waals surface area contributed by atoms with Crippen LogP contribution in [0.25, 0.3) is 0 Å². The minimum atomic E-state index is -0.705. The lowest BCUT2D eigenvalue weighted by Crippen LogP contribution is -2.29. The molecule has 1 rings (SSSR count). The van der Waals surface area contributed by atoms with Crippen LogP contribution >= 0.6 is 0 Å². The van der Waals surface area contributed by atoms with Crippen LogP contribution in [-0.4, -0.2) is 23.7 Å². The molecule has 3 heteroatoms. The van der Waals surface area contributed by atoms with Gasteiger partial charge in [0.1, 0.15) is 6.04 Å². The molecule has 0 aromatic carbocycles. The standard InChI is InChI=1S/C8H15NO2/c1-2-3-6-4-7(8(10)11)9-5-6/h6-7,9H,2-5H2,1H3,(H,10,11)/t6-,7-/m1/s1. The highest BCUT2D eigenvalue weighted by atomic mass is 16.4. The summed E-state index contributed by atoms with van der Waals surface area (Å²) in [6.45, 7) is 3.01. The van der Waals surface area contributed by atoms with Crippen molar-refractivity contribution in [2.75, 3.05) is 6.54 Å². The van der Waals surface area contributed by atoms with E-state index in [-0.39, 0.29) is 6.04 Å². The van der Waals surface area contributed by atoms with Crippen molar-refractivity contribution >= 4 is 5.97 Å². The molecule has 1 fully saturated rings. The van der Waals surface area contributed by atoms with Gasteiger partial charge in [-0.25, -0.2) is 0 Å². The summed E-state index contributed by atoms with van der Waals surface area (Å²) in [4.78, 5) is 10.5. The fraction of sp³-hybridized carbons (Fsp3) is 0.875. The summed E-state index contributed by atoms with van der Waals surface area (Å²) >= 11 is 0. The van der Waals surface area contributed by atoms with E-state index < -0.39 is 5.97 Å². The summed E-state index contributed by atoms with van der Waals surface area (Å²) in [5.41, 5.74) is 0. The second kappa shape index (κ2) is 3.72. The fourth-order valence-corrected chi connectivity index (χ4v) is 1.63. The van der Waals surface area contributed by atoms with Gasteiger partial charge in [-0.3, -0.25) is 4.79 Å². The Labute approximate surface area is 66.8 Å². The third-order valence-electron chi connectivity index (χ3n) is 2.22. The van der Waals surface area contributed by atoms with E-state index in [1.165, 1.54) is 0 Å². The maximum Gasteiger partial charge on any atom is 0.320 e. The van der Waals surface area contributed by atoms with Crippen LogP contribution < -0.4 is 5.32 Å². The van der Waals surface area contributed by atoms with E-state index in [9.17, 15) is 4.79 Å². The van der Waals surface area contributed by atoms with E-state index in [4.69, 9.17) is 5.11 Å². The molecule has 0 radical (unpaired) electrons. The Hall–Kier alpha value is -0.570. The molecule has 2 N–H and O–H groups in total. The number of nitrogens with one attached hydrogen (secondary N) is 1.